The van der Waals surface area contributed by atoms with E-state index in [1.165, 1.54) is 0 Å². The van der Waals surface area contributed by atoms with E-state index in [-0.39, 0.29) is 12.0 Å². The molecular weight excluding hydrogens is 254 g/mol. The Morgan fingerprint density at radius 3 is 1.76 bits per heavy atom. The third kappa shape index (κ3) is 2.14. The lowest BCUT2D eigenvalue weighted by atomic mass is 9.94. The first-order chi connectivity index (χ1) is 7.50. The minimum Gasteiger partial charge on any atom is -0.384 e. The van der Waals surface area contributed by atoms with Gasteiger partial charge >= 0.3 is 12.4 Å². The molecule has 17 heavy (non-hydrogen) atoms. The number of nitrogens with two attached hydrogens (primary N) is 1. The van der Waals surface area contributed by atoms with Crippen molar-refractivity contribution < 1.29 is 31.4 Å². The van der Waals surface area contributed by atoms with Crippen LogP contribution in [0.4, 0.5) is 32.2 Å². The van der Waals surface area contributed by atoms with E-state index in [0.29, 0.717) is 6.07 Å². The van der Waals surface area contributed by atoms with Crippen LogP contribution < -0.4 is 5.73 Å². The van der Waals surface area contributed by atoms with E-state index in [9.17, 15) is 26.3 Å². The van der Waals surface area contributed by atoms with Gasteiger partial charge in [0.15, 0.2) is 0 Å². The zero-order valence-corrected chi connectivity index (χ0v) is 7.97. The van der Waals surface area contributed by atoms with Crippen LogP contribution in [-0.2, 0) is 5.60 Å². The van der Waals surface area contributed by atoms with E-state index in [4.69, 9.17) is 10.8 Å². The summed E-state index contributed by atoms with van der Waals surface area (Å²) < 4.78 is 74.1. The molecule has 1 heterocycles. The molecule has 0 unspecified atom stereocenters. The van der Waals surface area contributed by atoms with Gasteiger partial charge < -0.3 is 10.8 Å². The van der Waals surface area contributed by atoms with Gasteiger partial charge in [-0.05, 0) is 6.07 Å². The summed E-state index contributed by atoms with van der Waals surface area (Å²) in [5.41, 5.74) is -1.36. The van der Waals surface area contributed by atoms with Crippen molar-refractivity contribution in [1.29, 1.82) is 0 Å². The van der Waals surface area contributed by atoms with Crippen LogP contribution in [0.5, 0.6) is 0 Å². The molecule has 0 aliphatic rings. The Morgan fingerprint density at radius 1 is 1.00 bits per heavy atom. The number of rotatable bonds is 1. The third-order valence-corrected chi connectivity index (χ3v) is 2.02. The Bertz CT molecular complexity index is 382. The first kappa shape index (κ1) is 13.6. The van der Waals surface area contributed by atoms with Gasteiger partial charge in [0, 0.05) is 11.8 Å². The Balaban J connectivity index is 3.41. The largest absolute Gasteiger partial charge is 0.430 e. The van der Waals surface area contributed by atoms with Crippen LogP contribution >= 0.6 is 0 Å². The molecule has 0 saturated heterocycles. The minimum absolute atomic E-state index is 0.232. The van der Waals surface area contributed by atoms with Crippen LogP contribution in [0.3, 0.4) is 0 Å². The summed E-state index contributed by atoms with van der Waals surface area (Å²) >= 11 is 0. The van der Waals surface area contributed by atoms with Crippen LogP contribution in [0.15, 0.2) is 18.3 Å². The van der Waals surface area contributed by atoms with Gasteiger partial charge in [-0.3, -0.25) is 0 Å². The molecule has 1 aromatic rings. The molecule has 0 saturated carbocycles. The number of nitrogen functional groups attached to an aromatic ring is 1. The average molecular weight is 260 g/mol. The Kier molecular flexibility index (Phi) is 3.00. The fraction of sp³-hybridized carbons (Fsp3) is 0.375. The van der Waals surface area contributed by atoms with Gasteiger partial charge in [-0.25, -0.2) is 4.98 Å². The van der Waals surface area contributed by atoms with Crippen molar-refractivity contribution in [3.05, 3.63) is 23.9 Å². The van der Waals surface area contributed by atoms with Gasteiger partial charge in [-0.15, -0.1) is 0 Å². The molecule has 1 rings (SSSR count). The molecule has 0 aromatic carbocycles. The summed E-state index contributed by atoms with van der Waals surface area (Å²) in [7, 11) is 0. The average Bonchev–Trinajstić information content (AvgIpc) is 2.14. The summed E-state index contributed by atoms with van der Waals surface area (Å²) in [6.07, 6.45) is -11.6. The fourth-order valence-electron chi connectivity index (χ4n) is 1.11. The van der Waals surface area contributed by atoms with Crippen LogP contribution in [0, 0.1) is 0 Å². The van der Waals surface area contributed by atoms with Gasteiger partial charge in [-0.2, -0.15) is 26.3 Å². The van der Waals surface area contributed by atoms with Crippen LogP contribution in [0.25, 0.3) is 0 Å². The lowest BCUT2D eigenvalue weighted by Crippen LogP contribution is -2.53. The van der Waals surface area contributed by atoms with Crippen molar-refractivity contribution >= 4 is 5.82 Å². The summed E-state index contributed by atoms with van der Waals surface area (Å²) in [5.74, 6) is -0.263. The number of aliphatic hydroxyl groups is 1. The number of anilines is 1. The van der Waals surface area contributed by atoms with E-state index in [1.807, 2.05) is 0 Å². The maximum Gasteiger partial charge on any atom is 0.430 e. The maximum absolute atomic E-state index is 12.4. The number of hydrogen-bond acceptors (Lipinski definition) is 3. The molecule has 3 N–H and O–H groups in total. The molecular formula is C8H6F6N2O. The van der Waals surface area contributed by atoms with Crippen molar-refractivity contribution in [2.24, 2.45) is 0 Å². The SMILES string of the molecule is Nc1ccc(C(O)(C(F)(F)F)C(F)(F)F)cn1. The minimum atomic E-state index is -5.91. The highest BCUT2D eigenvalue weighted by molar-refractivity contribution is 5.33. The Labute approximate surface area is 90.9 Å². The monoisotopic (exact) mass is 260 g/mol. The molecule has 3 nitrogen and oxygen atoms in total. The van der Waals surface area contributed by atoms with Crippen LogP contribution in [0.2, 0.25) is 0 Å². The molecule has 96 valence electrons. The normalized spacial score (nSPS) is 13.8. The highest BCUT2D eigenvalue weighted by Gasteiger charge is 2.71. The number of nitrogens with zero attached hydrogens (tertiary/aromatic N) is 1. The van der Waals surface area contributed by atoms with Crippen molar-refractivity contribution in [1.82, 2.24) is 4.98 Å². The van der Waals surface area contributed by atoms with Gasteiger partial charge in [0.25, 0.3) is 5.60 Å². The van der Waals surface area contributed by atoms with Gasteiger partial charge in [0.05, 0.1) is 0 Å². The van der Waals surface area contributed by atoms with Gasteiger partial charge in [0.1, 0.15) is 5.82 Å². The maximum atomic E-state index is 12.4. The first-order valence-corrected chi connectivity index (χ1v) is 4.08. The molecule has 9 heteroatoms. The van der Waals surface area contributed by atoms with Crippen LogP contribution in [0.1, 0.15) is 5.56 Å². The lowest BCUT2D eigenvalue weighted by molar-refractivity contribution is -0.376. The number of halogens is 6. The second-order valence-electron chi connectivity index (χ2n) is 3.18. The zero-order valence-electron chi connectivity index (χ0n) is 7.97. The number of alkyl halides is 6. The molecule has 0 fully saturated rings. The lowest BCUT2D eigenvalue weighted by Gasteiger charge is -2.32. The summed E-state index contributed by atoms with van der Waals surface area (Å²) in [6, 6.07) is 1.15. The number of aromatic nitrogens is 1. The van der Waals surface area contributed by atoms with Crippen molar-refractivity contribution in [3.8, 4) is 0 Å². The molecule has 0 bridgehead atoms. The van der Waals surface area contributed by atoms with Crippen molar-refractivity contribution in [2.45, 2.75) is 18.0 Å². The summed E-state index contributed by atoms with van der Waals surface area (Å²) in [6.45, 7) is 0. The predicted molar refractivity (Wildman–Crippen MR) is 44.7 cm³/mol. The standard InChI is InChI=1S/C8H6F6N2O/c9-7(10,11)6(17,8(12,13)14)4-1-2-5(15)16-3-4/h1-3,17H,(H2,15,16). The second-order valence-corrected chi connectivity index (χ2v) is 3.18. The molecule has 0 spiro atoms. The van der Waals surface area contributed by atoms with Crippen molar-refractivity contribution in [3.63, 3.8) is 0 Å². The van der Waals surface area contributed by atoms with Crippen molar-refractivity contribution in [2.75, 3.05) is 5.73 Å². The topological polar surface area (TPSA) is 59.1 Å². The number of hydrogen-bond donors (Lipinski definition) is 2. The molecule has 0 atom stereocenters. The molecule has 0 aliphatic heterocycles. The van der Waals surface area contributed by atoms with E-state index >= 15 is 0 Å². The zero-order chi connectivity index (χ0) is 13.5. The summed E-state index contributed by atoms with van der Waals surface area (Å²) in [4.78, 5) is 3.09. The van der Waals surface area contributed by atoms with Crippen LogP contribution in [-0.4, -0.2) is 22.4 Å². The highest BCUT2D eigenvalue weighted by Crippen LogP contribution is 2.49. The Morgan fingerprint density at radius 2 is 1.47 bits per heavy atom. The van der Waals surface area contributed by atoms with E-state index < -0.39 is 23.5 Å². The fourth-order valence-corrected chi connectivity index (χ4v) is 1.11. The van der Waals surface area contributed by atoms with E-state index in [1.54, 1.807) is 0 Å². The molecule has 0 radical (unpaired) electrons. The Hall–Kier alpha value is -1.51. The highest BCUT2D eigenvalue weighted by atomic mass is 19.4. The second kappa shape index (κ2) is 3.76. The van der Waals surface area contributed by atoms with E-state index in [2.05, 4.69) is 4.98 Å². The quantitative estimate of drug-likeness (QED) is 0.759. The number of pyridine rings is 1. The molecule has 1 aromatic heterocycles. The van der Waals surface area contributed by atoms with Gasteiger partial charge in [0.2, 0.25) is 0 Å². The summed E-state index contributed by atoms with van der Waals surface area (Å²) in [5, 5.41) is 8.92. The predicted octanol–water partition coefficient (Wildman–Crippen LogP) is 1.98. The third-order valence-electron chi connectivity index (χ3n) is 2.02. The smallest absolute Gasteiger partial charge is 0.384 e. The van der Waals surface area contributed by atoms with Gasteiger partial charge in [-0.1, -0.05) is 6.07 Å². The molecule has 0 amide bonds. The first-order valence-electron chi connectivity index (χ1n) is 4.08. The molecule has 0 aliphatic carbocycles. The van der Waals surface area contributed by atoms with E-state index in [0.717, 1.165) is 6.07 Å².